The molecule has 0 spiro atoms. The van der Waals surface area contributed by atoms with Gasteiger partial charge in [-0.15, -0.1) is 0 Å². The molecule has 0 radical (unpaired) electrons. The Kier molecular flexibility index (Phi) is 6.06. The molecule has 0 aliphatic rings. The first-order valence-electron chi connectivity index (χ1n) is 8.39. The molecule has 0 saturated heterocycles. The number of ether oxygens (including phenoxy) is 2. The Bertz CT molecular complexity index is 896. The summed E-state index contributed by atoms with van der Waals surface area (Å²) in [7, 11) is 0. The van der Waals surface area contributed by atoms with Gasteiger partial charge in [0.2, 0.25) is 0 Å². The fourth-order valence-corrected chi connectivity index (χ4v) is 2.46. The zero-order valence-corrected chi connectivity index (χ0v) is 14.3. The molecule has 0 aliphatic carbocycles. The third kappa shape index (κ3) is 4.99. The zero-order valence-electron chi connectivity index (χ0n) is 14.3. The van der Waals surface area contributed by atoms with E-state index in [1.165, 1.54) is 6.08 Å². The molecular formula is C23H19NO2. The summed E-state index contributed by atoms with van der Waals surface area (Å²) in [4.78, 5) is 0. The molecule has 0 bridgehead atoms. The third-order valence-corrected chi connectivity index (χ3v) is 3.79. The van der Waals surface area contributed by atoms with Crippen molar-refractivity contribution >= 4 is 6.08 Å². The Hall–Kier alpha value is -3.51. The summed E-state index contributed by atoms with van der Waals surface area (Å²) in [5.74, 6) is 1.34. The largest absolute Gasteiger partial charge is 0.485 e. The minimum atomic E-state index is 0.452. The maximum Gasteiger partial charge on any atom is 0.162 e. The highest BCUT2D eigenvalue weighted by molar-refractivity contribution is 5.57. The molecular weight excluding hydrogens is 322 g/mol. The van der Waals surface area contributed by atoms with Crippen LogP contribution in [-0.2, 0) is 13.2 Å². The second-order valence-electron chi connectivity index (χ2n) is 5.72. The predicted molar refractivity (Wildman–Crippen MR) is 103 cm³/mol. The summed E-state index contributed by atoms with van der Waals surface area (Å²) < 4.78 is 11.9. The van der Waals surface area contributed by atoms with E-state index in [0.717, 1.165) is 16.7 Å². The lowest BCUT2D eigenvalue weighted by Gasteiger charge is -2.14. The fraction of sp³-hybridized carbons (Fsp3) is 0.0870. The third-order valence-electron chi connectivity index (χ3n) is 3.79. The van der Waals surface area contributed by atoms with Crippen molar-refractivity contribution in [1.82, 2.24) is 0 Å². The van der Waals surface area contributed by atoms with Crippen molar-refractivity contribution in [2.75, 3.05) is 0 Å². The molecule has 0 saturated carbocycles. The van der Waals surface area contributed by atoms with E-state index in [1.807, 2.05) is 84.9 Å². The van der Waals surface area contributed by atoms with Crippen LogP contribution >= 0.6 is 0 Å². The lowest BCUT2D eigenvalue weighted by atomic mass is 10.2. The van der Waals surface area contributed by atoms with Crippen molar-refractivity contribution in [3.8, 4) is 17.6 Å². The average Bonchev–Trinajstić information content (AvgIpc) is 2.71. The van der Waals surface area contributed by atoms with Crippen molar-refractivity contribution in [2.24, 2.45) is 0 Å². The number of nitrogens with zero attached hydrogens (tertiary/aromatic N) is 1. The molecule has 0 amide bonds. The van der Waals surface area contributed by atoms with Crippen LogP contribution in [0.3, 0.4) is 0 Å². The van der Waals surface area contributed by atoms with Crippen LogP contribution < -0.4 is 9.47 Å². The van der Waals surface area contributed by atoms with E-state index in [0.29, 0.717) is 24.7 Å². The van der Waals surface area contributed by atoms with Crippen molar-refractivity contribution in [2.45, 2.75) is 13.2 Å². The van der Waals surface area contributed by atoms with Crippen LogP contribution in [0, 0.1) is 11.3 Å². The molecule has 0 aliphatic heterocycles. The number of nitriles is 1. The summed E-state index contributed by atoms with van der Waals surface area (Å²) >= 11 is 0. The molecule has 3 nitrogen and oxygen atoms in total. The minimum absolute atomic E-state index is 0.452. The second-order valence-corrected chi connectivity index (χ2v) is 5.72. The summed E-state index contributed by atoms with van der Waals surface area (Å²) in [5.41, 5.74) is 3.07. The maximum atomic E-state index is 8.72. The van der Waals surface area contributed by atoms with Gasteiger partial charge in [-0.05, 0) is 34.9 Å². The Balaban J connectivity index is 1.77. The van der Waals surface area contributed by atoms with E-state index in [9.17, 15) is 0 Å². The van der Waals surface area contributed by atoms with Crippen molar-refractivity contribution in [1.29, 1.82) is 5.26 Å². The Morgan fingerprint density at radius 2 is 1.31 bits per heavy atom. The molecule has 3 heteroatoms. The molecule has 26 heavy (non-hydrogen) atoms. The number of rotatable bonds is 7. The lowest BCUT2D eigenvalue weighted by Crippen LogP contribution is -2.00. The maximum absolute atomic E-state index is 8.72. The smallest absolute Gasteiger partial charge is 0.162 e. The van der Waals surface area contributed by atoms with Gasteiger partial charge in [-0.2, -0.15) is 5.26 Å². The highest BCUT2D eigenvalue weighted by Gasteiger charge is 2.07. The summed E-state index contributed by atoms with van der Waals surface area (Å²) in [6, 6.07) is 27.7. The topological polar surface area (TPSA) is 42.2 Å². The van der Waals surface area contributed by atoms with Gasteiger partial charge in [0.15, 0.2) is 11.5 Å². The summed E-state index contributed by atoms with van der Waals surface area (Å²) in [6.07, 6.45) is 3.19. The van der Waals surface area contributed by atoms with Crippen LogP contribution in [-0.4, -0.2) is 0 Å². The van der Waals surface area contributed by atoms with Crippen LogP contribution in [0.5, 0.6) is 11.5 Å². The molecule has 0 atom stereocenters. The first kappa shape index (κ1) is 17.3. The van der Waals surface area contributed by atoms with E-state index in [2.05, 4.69) is 0 Å². The first-order valence-corrected chi connectivity index (χ1v) is 8.39. The molecule has 0 fully saturated rings. The lowest BCUT2D eigenvalue weighted by molar-refractivity contribution is 0.256. The second kappa shape index (κ2) is 9.10. The van der Waals surface area contributed by atoms with E-state index >= 15 is 0 Å². The van der Waals surface area contributed by atoms with E-state index < -0.39 is 0 Å². The predicted octanol–water partition coefficient (Wildman–Crippen LogP) is 5.38. The van der Waals surface area contributed by atoms with Gasteiger partial charge in [-0.1, -0.05) is 66.7 Å². The standard InChI is InChI=1S/C23H19NO2/c24-15-7-12-19-13-14-22(25-17-20-8-3-1-4-9-20)23(16-19)26-18-21-10-5-2-6-11-21/h1-14,16H,17-18H2/b12-7+. The van der Waals surface area contributed by atoms with E-state index in [-0.39, 0.29) is 0 Å². The number of hydrogen-bond acceptors (Lipinski definition) is 3. The van der Waals surface area contributed by atoms with Crippen LogP contribution in [0.1, 0.15) is 16.7 Å². The van der Waals surface area contributed by atoms with Crippen LogP contribution in [0.4, 0.5) is 0 Å². The van der Waals surface area contributed by atoms with Crippen LogP contribution in [0.25, 0.3) is 6.08 Å². The molecule has 3 rings (SSSR count). The average molecular weight is 341 g/mol. The molecule has 128 valence electrons. The van der Waals surface area contributed by atoms with Gasteiger partial charge in [0, 0.05) is 6.08 Å². The highest BCUT2D eigenvalue weighted by atomic mass is 16.5. The summed E-state index contributed by atoms with van der Waals surface area (Å²) in [6.45, 7) is 0.921. The zero-order chi connectivity index (χ0) is 18.0. The highest BCUT2D eigenvalue weighted by Crippen LogP contribution is 2.30. The number of benzene rings is 3. The molecule has 0 aromatic heterocycles. The Morgan fingerprint density at radius 3 is 1.88 bits per heavy atom. The molecule has 0 N–H and O–H groups in total. The van der Waals surface area contributed by atoms with Gasteiger partial charge >= 0.3 is 0 Å². The van der Waals surface area contributed by atoms with Gasteiger partial charge < -0.3 is 9.47 Å². The van der Waals surface area contributed by atoms with Gasteiger partial charge in [0.05, 0.1) is 6.07 Å². The summed E-state index contributed by atoms with van der Waals surface area (Å²) in [5, 5.41) is 8.72. The molecule has 3 aromatic carbocycles. The van der Waals surface area contributed by atoms with Crippen molar-refractivity contribution in [3.05, 3.63) is 102 Å². The van der Waals surface area contributed by atoms with Crippen LogP contribution in [0.15, 0.2) is 84.9 Å². The quantitative estimate of drug-likeness (QED) is 0.542. The Morgan fingerprint density at radius 1 is 0.731 bits per heavy atom. The van der Waals surface area contributed by atoms with E-state index in [1.54, 1.807) is 6.08 Å². The van der Waals surface area contributed by atoms with Crippen molar-refractivity contribution < 1.29 is 9.47 Å². The Labute approximate surface area is 153 Å². The van der Waals surface area contributed by atoms with Gasteiger partial charge in [-0.25, -0.2) is 0 Å². The van der Waals surface area contributed by atoms with Gasteiger partial charge in [-0.3, -0.25) is 0 Å². The number of allylic oxidation sites excluding steroid dienone is 1. The van der Waals surface area contributed by atoms with Crippen molar-refractivity contribution in [3.63, 3.8) is 0 Å². The SMILES string of the molecule is N#C/C=C/c1ccc(OCc2ccccc2)c(OCc2ccccc2)c1. The van der Waals surface area contributed by atoms with E-state index in [4.69, 9.17) is 14.7 Å². The monoisotopic (exact) mass is 341 g/mol. The number of hydrogen-bond donors (Lipinski definition) is 0. The fourth-order valence-electron chi connectivity index (χ4n) is 2.46. The van der Waals surface area contributed by atoms with Crippen LogP contribution in [0.2, 0.25) is 0 Å². The molecule has 3 aromatic rings. The molecule has 0 unspecified atom stereocenters. The van der Waals surface area contributed by atoms with Gasteiger partial charge in [0.25, 0.3) is 0 Å². The normalized spacial score (nSPS) is 10.4. The minimum Gasteiger partial charge on any atom is -0.485 e. The van der Waals surface area contributed by atoms with Gasteiger partial charge in [0.1, 0.15) is 13.2 Å². The molecule has 0 heterocycles. The first-order chi connectivity index (χ1) is 12.8.